The summed E-state index contributed by atoms with van der Waals surface area (Å²) < 4.78 is 13.2. The summed E-state index contributed by atoms with van der Waals surface area (Å²) in [5, 5.41) is 12.2. The summed E-state index contributed by atoms with van der Waals surface area (Å²) in [6, 6.07) is 2.84. The zero-order chi connectivity index (χ0) is 13.8. The fourth-order valence-electron chi connectivity index (χ4n) is 1.64. The standard InChI is InChI=1S/C13H19FN2O2/c1-13(2,3)7-9(17)8-16-12(18)10-5-4-6-15-11(10)14/h4-6,9,17H,7-8H2,1-3H3,(H,16,18). The molecule has 0 saturated carbocycles. The van der Waals surface area contributed by atoms with Crippen LogP contribution in [0.3, 0.4) is 0 Å². The van der Waals surface area contributed by atoms with Crippen LogP contribution in [-0.4, -0.2) is 28.6 Å². The lowest BCUT2D eigenvalue weighted by Crippen LogP contribution is -2.34. The van der Waals surface area contributed by atoms with E-state index in [9.17, 15) is 14.3 Å². The van der Waals surface area contributed by atoms with E-state index >= 15 is 0 Å². The summed E-state index contributed by atoms with van der Waals surface area (Å²) in [6.07, 6.45) is 1.19. The monoisotopic (exact) mass is 254 g/mol. The quantitative estimate of drug-likeness (QED) is 0.805. The molecule has 0 aliphatic carbocycles. The van der Waals surface area contributed by atoms with Gasteiger partial charge in [0.25, 0.3) is 5.91 Å². The van der Waals surface area contributed by atoms with Crippen LogP contribution in [0.1, 0.15) is 37.6 Å². The van der Waals surface area contributed by atoms with E-state index in [0.717, 1.165) is 0 Å². The largest absolute Gasteiger partial charge is 0.391 e. The molecule has 0 aliphatic rings. The summed E-state index contributed by atoms with van der Waals surface area (Å²) in [4.78, 5) is 15.0. The van der Waals surface area contributed by atoms with Crippen molar-refractivity contribution >= 4 is 5.91 Å². The molecule has 1 heterocycles. The molecule has 1 amide bonds. The summed E-state index contributed by atoms with van der Waals surface area (Å²) in [5.74, 6) is -1.37. The topological polar surface area (TPSA) is 62.2 Å². The van der Waals surface area contributed by atoms with E-state index in [2.05, 4.69) is 10.3 Å². The minimum atomic E-state index is -0.805. The van der Waals surface area contributed by atoms with Gasteiger partial charge in [0.05, 0.1) is 11.7 Å². The van der Waals surface area contributed by atoms with Gasteiger partial charge in [-0.1, -0.05) is 20.8 Å². The first-order valence-corrected chi connectivity index (χ1v) is 5.86. The van der Waals surface area contributed by atoms with Gasteiger partial charge in [-0.3, -0.25) is 4.79 Å². The minimum absolute atomic E-state index is 0.0241. The highest BCUT2D eigenvalue weighted by molar-refractivity contribution is 5.94. The Labute approximate surface area is 106 Å². The first-order chi connectivity index (χ1) is 8.29. The van der Waals surface area contributed by atoms with E-state index in [0.29, 0.717) is 6.42 Å². The number of rotatable bonds is 4. The van der Waals surface area contributed by atoms with Gasteiger partial charge in [-0.2, -0.15) is 4.39 Å². The van der Waals surface area contributed by atoms with Gasteiger partial charge in [0, 0.05) is 12.7 Å². The highest BCUT2D eigenvalue weighted by Gasteiger charge is 2.18. The number of hydrogen-bond donors (Lipinski definition) is 2. The van der Waals surface area contributed by atoms with Crippen LogP contribution in [0.15, 0.2) is 18.3 Å². The van der Waals surface area contributed by atoms with Gasteiger partial charge in [-0.25, -0.2) is 4.98 Å². The first kappa shape index (κ1) is 14.6. The van der Waals surface area contributed by atoms with Gasteiger partial charge in [0.1, 0.15) is 0 Å². The highest BCUT2D eigenvalue weighted by atomic mass is 19.1. The summed E-state index contributed by atoms with van der Waals surface area (Å²) in [7, 11) is 0. The number of nitrogens with one attached hydrogen (secondary N) is 1. The number of halogens is 1. The van der Waals surface area contributed by atoms with Crippen molar-refractivity contribution in [2.75, 3.05) is 6.54 Å². The molecule has 5 heteroatoms. The van der Waals surface area contributed by atoms with Crippen molar-refractivity contribution < 1.29 is 14.3 Å². The molecular weight excluding hydrogens is 235 g/mol. The zero-order valence-corrected chi connectivity index (χ0v) is 10.9. The molecule has 0 spiro atoms. The zero-order valence-electron chi connectivity index (χ0n) is 10.9. The van der Waals surface area contributed by atoms with E-state index in [1.54, 1.807) is 0 Å². The molecule has 2 N–H and O–H groups in total. The van der Waals surface area contributed by atoms with Crippen molar-refractivity contribution in [3.8, 4) is 0 Å². The summed E-state index contributed by atoms with van der Waals surface area (Å²) in [6.45, 7) is 6.10. The third-order valence-electron chi connectivity index (χ3n) is 2.35. The van der Waals surface area contributed by atoms with Gasteiger partial charge in [-0.05, 0) is 24.0 Å². The van der Waals surface area contributed by atoms with Crippen LogP contribution in [0.25, 0.3) is 0 Å². The molecule has 0 bridgehead atoms. The van der Waals surface area contributed by atoms with E-state index < -0.39 is 18.0 Å². The van der Waals surface area contributed by atoms with Crippen LogP contribution in [0, 0.1) is 11.4 Å². The number of carbonyl (C=O) groups excluding carboxylic acids is 1. The van der Waals surface area contributed by atoms with Crippen molar-refractivity contribution in [2.24, 2.45) is 5.41 Å². The first-order valence-electron chi connectivity index (χ1n) is 5.86. The Morgan fingerprint density at radius 1 is 1.56 bits per heavy atom. The Bertz CT molecular complexity index is 416. The molecule has 0 radical (unpaired) electrons. The van der Waals surface area contributed by atoms with Gasteiger partial charge in [0.2, 0.25) is 5.95 Å². The van der Waals surface area contributed by atoms with Gasteiger partial charge >= 0.3 is 0 Å². The number of carbonyl (C=O) groups is 1. The minimum Gasteiger partial charge on any atom is -0.391 e. The number of pyridine rings is 1. The number of nitrogens with zero attached hydrogens (tertiary/aromatic N) is 1. The van der Waals surface area contributed by atoms with Crippen LogP contribution in [0.2, 0.25) is 0 Å². The lowest BCUT2D eigenvalue weighted by Gasteiger charge is -2.22. The molecule has 0 aromatic carbocycles. The summed E-state index contributed by atoms with van der Waals surface area (Å²) in [5.41, 5.74) is -0.135. The second kappa shape index (κ2) is 5.91. The maximum absolute atomic E-state index is 13.2. The van der Waals surface area contributed by atoms with Crippen LogP contribution in [0.5, 0.6) is 0 Å². The lowest BCUT2D eigenvalue weighted by atomic mass is 9.89. The molecule has 4 nitrogen and oxygen atoms in total. The van der Waals surface area contributed by atoms with Crippen LogP contribution >= 0.6 is 0 Å². The van der Waals surface area contributed by atoms with E-state index in [-0.39, 0.29) is 17.5 Å². The Balaban J connectivity index is 2.50. The summed E-state index contributed by atoms with van der Waals surface area (Å²) >= 11 is 0. The normalized spacial score (nSPS) is 13.2. The molecule has 1 atom stereocenters. The van der Waals surface area contributed by atoms with E-state index in [1.165, 1.54) is 18.3 Å². The predicted octanol–water partition coefficient (Wildman–Crippen LogP) is 1.75. The van der Waals surface area contributed by atoms with Crippen molar-refractivity contribution in [3.63, 3.8) is 0 Å². The van der Waals surface area contributed by atoms with Crippen molar-refractivity contribution in [2.45, 2.75) is 33.3 Å². The van der Waals surface area contributed by atoms with Crippen LogP contribution < -0.4 is 5.32 Å². The molecular formula is C13H19FN2O2. The van der Waals surface area contributed by atoms with Gasteiger partial charge < -0.3 is 10.4 Å². The molecule has 1 rings (SSSR count). The smallest absolute Gasteiger partial charge is 0.256 e. The van der Waals surface area contributed by atoms with E-state index in [4.69, 9.17) is 0 Å². The third-order valence-corrected chi connectivity index (χ3v) is 2.35. The molecule has 0 saturated heterocycles. The second-order valence-electron chi connectivity index (χ2n) is 5.47. The van der Waals surface area contributed by atoms with Gasteiger partial charge in [-0.15, -0.1) is 0 Å². The fourth-order valence-corrected chi connectivity index (χ4v) is 1.64. The van der Waals surface area contributed by atoms with Gasteiger partial charge in [0.15, 0.2) is 0 Å². The molecule has 0 fully saturated rings. The van der Waals surface area contributed by atoms with Crippen molar-refractivity contribution in [1.82, 2.24) is 10.3 Å². The molecule has 1 aromatic heterocycles. The molecule has 18 heavy (non-hydrogen) atoms. The Morgan fingerprint density at radius 2 is 2.22 bits per heavy atom. The van der Waals surface area contributed by atoms with Crippen molar-refractivity contribution in [1.29, 1.82) is 0 Å². The maximum atomic E-state index is 13.2. The fraction of sp³-hybridized carbons (Fsp3) is 0.538. The molecule has 100 valence electrons. The second-order valence-corrected chi connectivity index (χ2v) is 5.47. The molecule has 1 unspecified atom stereocenters. The maximum Gasteiger partial charge on any atom is 0.256 e. The number of aliphatic hydroxyl groups excluding tert-OH is 1. The lowest BCUT2D eigenvalue weighted by molar-refractivity contribution is 0.0864. The van der Waals surface area contributed by atoms with E-state index in [1.807, 2.05) is 20.8 Å². The number of aromatic nitrogens is 1. The Kier molecular flexibility index (Phi) is 4.78. The average molecular weight is 254 g/mol. The Morgan fingerprint density at radius 3 is 2.78 bits per heavy atom. The SMILES string of the molecule is CC(C)(C)CC(O)CNC(=O)c1cccnc1F. The molecule has 0 aliphatic heterocycles. The number of amides is 1. The third kappa shape index (κ3) is 4.79. The average Bonchev–Trinajstić information content (AvgIpc) is 2.24. The molecule has 1 aromatic rings. The predicted molar refractivity (Wildman–Crippen MR) is 66.6 cm³/mol. The number of hydrogen-bond acceptors (Lipinski definition) is 3. The van der Waals surface area contributed by atoms with Crippen LogP contribution in [0.4, 0.5) is 4.39 Å². The van der Waals surface area contributed by atoms with Crippen LogP contribution in [-0.2, 0) is 0 Å². The van der Waals surface area contributed by atoms with Crippen molar-refractivity contribution in [3.05, 3.63) is 29.8 Å². The Hall–Kier alpha value is -1.49. The highest BCUT2D eigenvalue weighted by Crippen LogP contribution is 2.20. The number of aliphatic hydroxyl groups is 1.